The zero-order valence-corrected chi connectivity index (χ0v) is 13.7. The topological polar surface area (TPSA) is 95.6 Å². The van der Waals surface area contributed by atoms with Crippen LogP contribution in [-0.2, 0) is 4.79 Å². The lowest BCUT2D eigenvalue weighted by Crippen LogP contribution is -2.21. The fourth-order valence-electron chi connectivity index (χ4n) is 2.13. The summed E-state index contributed by atoms with van der Waals surface area (Å²) in [6.45, 7) is 0.0942. The molecular weight excluding hydrogens is 340 g/mol. The highest BCUT2D eigenvalue weighted by molar-refractivity contribution is 6.32. The molecule has 0 aliphatic rings. The van der Waals surface area contributed by atoms with Crippen molar-refractivity contribution in [3.63, 3.8) is 0 Å². The Bertz CT molecular complexity index is 915. The van der Waals surface area contributed by atoms with Gasteiger partial charge < -0.3 is 10.6 Å². The van der Waals surface area contributed by atoms with Crippen LogP contribution in [0.1, 0.15) is 5.56 Å². The SMILES string of the molecule is N#Cc1ccc(NC(=O)CNc2ccc(-n3nccn3)cc2)cc1Cl. The van der Waals surface area contributed by atoms with Crippen molar-refractivity contribution in [3.8, 4) is 11.8 Å². The number of carbonyl (C=O) groups is 1. The predicted molar refractivity (Wildman–Crippen MR) is 94.6 cm³/mol. The standard InChI is InChI=1S/C17H13ClN6O/c18-16-9-14(2-1-12(16)10-19)23-17(25)11-20-13-3-5-15(6-4-13)24-21-7-8-22-24/h1-9,20H,11H2,(H,23,25). The molecule has 2 aromatic carbocycles. The molecule has 0 spiro atoms. The van der Waals surface area contributed by atoms with Crippen molar-refractivity contribution in [3.05, 3.63) is 65.4 Å². The Labute approximate surface area is 148 Å². The molecule has 0 radical (unpaired) electrons. The third kappa shape index (κ3) is 4.13. The van der Waals surface area contributed by atoms with Gasteiger partial charge in [-0.15, -0.1) is 0 Å². The summed E-state index contributed by atoms with van der Waals surface area (Å²) in [5.74, 6) is -0.224. The Morgan fingerprint density at radius 3 is 2.44 bits per heavy atom. The maximum Gasteiger partial charge on any atom is 0.243 e. The minimum absolute atomic E-state index is 0.0942. The van der Waals surface area contributed by atoms with Gasteiger partial charge in [0, 0.05) is 11.4 Å². The number of nitrogens with zero attached hydrogens (tertiary/aromatic N) is 4. The molecule has 1 heterocycles. The summed E-state index contributed by atoms with van der Waals surface area (Å²) in [5.41, 5.74) is 2.52. The molecule has 124 valence electrons. The minimum Gasteiger partial charge on any atom is -0.376 e. The van der Waals surface area contributed by atoms with Gasteiger partial charge >= 0.3 is 0 Å². The highest BCUT2D eigenvalue weighted by Gasteiger charge is 2.06. The molecule has 8 heteroatoms. The fraction of sp³-hybridized carbons (Fsp3) is 0.0588. The smallest absolute Gasteiger partial charge is 0.243 e. The van der Waals surface area contributed by atoms with Gasteiger partial charge in [0.05, 0.1) is 35.2 Å². The van der Waals surface area contributed by atoms with Crippen LogP contribution in [0.15, 0.2) is 54.9 Å². The van der Waals surface area contributed by atoms with Gasteiger partial charge in [-0.2, -0.15) is 20.3 Å². The quantitative estimate of drug-likeness (QED) is 0.736. The van der Waals surface area contributed by atoms with Gasteiger partial charge in [0.1, 0.15) is 6.07 Å². The first-order valence-electron chi connectivity index (χ1n) is 7.36. The summed E-state index contributed by atoms with van der Waals surface area (Å²) in [4.78, 5) is 13.5. The number of anilines is 2. The summed E-state index contributed by atoms with van der Waals surface area (Å²) < 4.78 is 0. The predicted octanol–water partition coefficient (Wildman–Crippen LogP) is 2.84. The van der Waals surface area contributed by atoms with Crippen LogP contribution in [0.25, 0.3) is 5.69 Å². The number of aromatic nitrogens is 3. The monoisotopic (exact) mass is 352 g/mol. The Morgan fingerprint density at radius 1 is 1.12 bits per heavy atom. The number of hydrogen-bond acceptors (Lipinski definition) is 5. The minimum atomic E-state index is -0.224. The number of rotatable bonds is 5. The fourth-order valence-corrected chi connectivity index (χ4v) is 2.36. The Hall–Kier alpha value is -3.37. The number of amides is 1. The molecule has 0 aliphatic carbocycles. The van der Waals surface area contributed by atoms with E-state index < -0.39 is 0 Å². The van der Waals surface area contributed by atoms with Crippen LogP contribution in [0, 0.1) is 11.3 Å². The van der Waals surface area contributed by atoms with E-state index in [1.54, 1.807) is 30.6 Å². The summed E-state index contributed by atoms with van der Waals surface area (Å²) in [6, 6.07) is 14.1. The van der Waals surface area contributed by atoms with Crippen LogP contribution in [0.4, 0.5) is 11.4 Å². The van der Waals surface area contributed by atoms with Crippen molar-refractivity contribution >= 4 is 28.9 Å². The molecule has 1 amide bonds. The third-order valence-corrected chi connectivity index (χ3v) is 3.66. The molecule has 0 fully saturated rings. The average Bonchev–Trinajstić information content (AvgIpc) is 3.15. The molecule has 0 saturated carbocycles. The van der Waals surface area contributed by atoms with Crippen molar-refractivity contribution < 1.29 is 4.79 Å². The maximum absolute atomic E-state index is 12.0. The Kier molecular flexibility index (Phi) is 4.92. The largest absolute Gasteiger partial charge is 0.376 e. The number of halogens is 1. The molecule has 7 nitrogen and oxygen atoms in total. The van der Waals surface area contributed by atoms with Gasteiger partial charge in [0.15, 0.2) is 0 Å². The normalized spacial score (nSPS) is 10.1. The van der Waals surface area contributed by atoms with E-state index in [-0.39, 0.29) is 12.5 Å². The number of nitrogens with one attached hydrogen (secondary N) is 2. The molecular formula is C17H13ClN6O. The zero-order chi connectivity index (χ0) is 17.6. The number of benzene rings is 2. The van der Waals surface area contributed by atoms with Crippen molar-refractivity contribution in [2.24, 2.45) is 0 Å². The highest BCUT2D eigenvalue weighted by atomic mass is 35.5. The molecule has 2 N–H and O–H groups in total. The zero-order valence-electron chi connectivity index (χ0n) is 13.0. The Morgan fingerprint density at radius 2 is 1.80 bits per heavy atom. The van der Waals surface area contributed by atoms with E-state index >= 15 is 0 Å². The second-order valence-corrected chi connectivity index (χ2v) is 5.48. The van der Waals surface area contributed by atoms with Gasteiger partial charge in [-0.05, 0) is 42.5 Å². The summed E-state index contributed by atoms with van der Waals surface area (Å²) in [7, 11) is 0. The van der Waals surface area contributed by atoms with Crippen LogP contribution >= 0.6 is 11.6 Å². The van der Waals surface area contributed by atoms with Crippen molar-refractivity contribution in [2.45, 2.75) is 0 Å². The highest BCUT2D eigenvalue weighted by Crippen LogP contribution is 2.20. The molecule has 0 aliphatic heterocycles. The number of hydrogen-bond donors (Lipinski definition) is 2. The second kappa shape index (κ2) is 7.47. The van der Waals surface area contributed by atoms with Gasteiger partial charge in [0.2, 0.25) is 5.91 Å². The summed E-state index contributed by atoms with van der Waals surface area (Å²) >= 11 is 5.94. The second-order valence-electron chi connectivity index (χ2n) is 5.07. The first-order chi connectivity index (χ1) is 12.2. The van der Waals surface area contributed by atoms with Gasteiger partial charge in [0.25, 0.3) is 0 Å². The van der Waals surface area contributed by atoms with E-state index in [0.29, 0.717) is 16.3 Å². The molecule has 0 saturated heterocycles. The van der Waals surface area contributed by atoms with Gasteiger partial charge in [-0.3, -0.25) is 4.79 Å². The lowest BCUT2D eigenvalue weighted by atomic mass is 10.2. The van der Waals surface area contributed by atoms with Gasteiger partial charge in [-0.25, -0.2) is 0 Å². The van der Waals surface area contributed by atoms with Crippen molar-refractivity contribution in [1.29, 1.82) is 5.26 Å². The van der Waals surface area contributed by atoms with Crippen LogP contribution in [0.2, 0.25) is 5.02 Å². The molecule has 0 atom stereocenters. The van der Waals surface area contributed by atoms with E-state index in [2.05, 4.69) is 20.8 Å². The summed E-state index contributed by atoms with van der Waals surface area (Å²) in [5, 5.41) is 23.0. The van der Waals surface area contributed by atoms with E-state index in [1.165, 1.54) is 4.80 Å². The van der Waals surface area contributed by atoms with E-state index in [9.17, 15) is 4.79 Å². The third-order valence-electron chi connectivity index (χ3n) is 3.34. The molecule has 3 aromatic rings. The molecule has 1 aromatic heterocycles. The molecule has 0 unspecified atom stereocenters. The lowest BCUT2D eigenvalue weighted by molar-refractivity contribution is -0.114. The van der Waals surface area contributed by atoms with Crippen LogP contribution < -0.4 is 10.6 Å². The van der Waals surface area contributed by atoms with Crippen LogP contribution in [-0.4, -0.2) is 27.4 Å². The molecule has 3 rings (SSSR count). The number of carbonyl (C=O) groups excluding carboxylic acids is 1. The molecule has 0 bridgehead atoms. The first kappa shape index (κ1) is 16.5. The average molecular weight is 353 g/mol. The summed E-state index contributed by atoms with van der Waals surface area (Å²) in [6.07, 6.45) is 3.21. The Balaban J connectivity index is 1.55. The van der Waals surface area contributed by atoms with E-state index in [1.807, 2.05) is 30.3 Å². The van der Waals surface area contributed by atoms with Crippen molar-refractivity contribution in [2.75, 3.05) is 17.2 Å². The van der Waals surface area contributed by atoms with Crippen LogP contribution in [0.5, 0.6) is 0 Å². The maximum atomic E-state index is 12.0. The lowest BCUT2D eigenvalue weighted by Gasteiger charge is -2.09. The number of nitriles is 1. The van der Waals surface area contributed by atoms with Gasteiger partial charge in [-0.1, -0.05) is 11.6 Å². The van der Waals surface area contributed by atoms with E-state index in [4.69, 9.17) is 16.9 Å². The molecule has 25 heavy (non-hydrogen) atoms. The first-order valence-corrected chi connectivity index (χ1v) is 7.73. The van der Waals surface area contributed by atoms with Crippen LogP contribution in [0.3, 0.4) is 0 Å². The van der Waals surface area contributed by atoms with E-state index in [0.717, 1.165) is 11.4 Å². The van der Waals surface area contributed by atoms with Crippen molar-refractivity contribution in [1.82, 2.24) is 15.0 Å².